The van der Waals surface area contributed by atoms with Gasteiger partial charge in [0.05, 0.1) is 17.8 Å². The maximum absolute atomic E-state index is 11.1. The molecule has 4 atom stereocenters. The fourth-order valence-electron chi connectivity index (χ4n) is 4.50. The molecule has 3 aliphatic rings. The van der Waals surface area contributed by atoms with Crippen molar-refractivity contribution in [1.29, 1.82) is 0 Å². The predicted molar refractivity (Wildman–Crippen MR) is 69.4 cm³/mol. The van der Waals surface area contributed by atoms with Gasteiger partial charge in [-0.1, -0.05) is 19.8 Å². The third-order valence-electron chi connectivity index (χ3n) is 5.60. The molecule has 2 heterocycles. The van der Waals surface area contributed by atoms with Crippen molar-refractivity contribution in [2.45, 2.75) is 63.1 Å². The van der Waals surface area contributed by atoms with E-state index in [2.05, 4.69) is 6.92 Å². The van der Waals surface area contributed by atoms with E-state index in [4.69, 9.17) is 9.47 Å². The van der Waals surface area contributed by atoms with Gasteiger partial charge in [0.15, 0.2) is 0 Å². The largest absolute Gasteiger partial charge is 0.389 e. The Morgan fingerprint density at radius 1 is 1.22 bits per heavy atom. The van der Waals surface area contributed by atoms with Gasteiger partial charge < -0.3 is 14.6 Å². The first-order chi connectivity index (χ1) is 8.69. The highest BCUT2D eigenvalue weighted by molar-refractivity contribution is 5.02. The van der Waals surface area contributed by atoms with E-state index in [0.717, 1.165) is 51.9 Å². The first-order valence-corrected chi connectivity index (χ1v) is 7.63. The molecule has 1 aliphatic carbocycles. The molecule has 104 valence electrons. The van der Waals surface area contributed by atoms with Crippen LogP contribution in [0.15, 0.2) is 0 Å². The van der Waals surface area contributed by atoms with E-state index in [1.165, 1.54) is 12.8 Å². The zero-order valence-corrected chi connectivity index (χ0v) is 11.5. The van der Waals surface area contributed by atoms with E-state index in [1.807, 2.05) is 0 Å². The second-order valence-electron chi connectivity index (χ2n) is 6.51. The summed E-state index contributed by atoms with van der Waals surface area (Å²) in [6, 6.07) is 0. The molecule has 0 aromatic carbocycles. The minimum Gasteiger partial charge on any atom is -0.389 e. The van der Waals surface area contributed by atoms with Gasteiger partial charge in [-0.15, -0.1) is 0 Å². The SMILES string of the molecule is CCC1CCCC1(O)C1CCOC2(CCOC2)C1. The van der Waals surface area contributed by atoms with Crippen LogP contribution in [0.2, 0.25) is 0 Å². The van der Waals surface area contributed by atoms with Crippen LogP contribution in [0.1, 0.15) is 51.9 Å². The second kappa shape index (κ2) is 4.77. The van der Waals surface area contributed by atoms with Crippen LogP contribution in [0, 0.1) is 11.8 Å². The van der Waals surface area contributed by atoms with Crippen molar-refractivity contribution >= 4 is 0 Å². The summed E-state index contributed by atoms with van der Waals surface area (Å²) in [6.07, 6.45) is 7.53. The molecular weight excluding hydrogens is 228 g/mol. The van der Waals surface area contributed by atoms with Gasteiger partial charge in [-0.3, -0.25) is 0 Å². The van der Waals surface area contributed by atoms with Crippen LogP contribution in [-0.4, -0.2) is 36.1 Å². The van der Waals surface area contributed by atoms with Crippen molar-refractivity contribution in [3.8, 4) is 0 Å². The molecule has 0 bridgehead atoms. The highest BCUT2D eigenvalue weighted by Gasteiger charge is 2.51. The van der Waals surface area contributed by atoms with Gasteiger partial charge >= 0.3 is 0 Å². The molecule has 2 aliphatic heterocycles. The van der Waals surface area contributed by atoms with E-state index in [9.17, 15) is 5.11 Å². The summed E-state index contributed by atoms with van der Waals surface area (Å²) in [5.74, 6) is 0.917. The van der Waals surface area contributed by atoms with Crippen molar-refractivity contribution < 1.29 is 14.6 Å². The van der Waals surface area contributed by atoms with E-state index in [1.54, 1.807) is 0 Å². The van der Waals surface area contributed by atoms with Crippen LogP contribution >= 0.6 is 0 Å². The van der Waals surface area contributed by atoms with Crippen LogP contribution < -0.4 is 0 Å². The average Bonchev–Trinajstić information content (AvgIpc) is 2.97. The Balaban J connectivity index is 1.75. The molecule has 18 heavy (non-hydrogen) atoms. The topological polar surface area (TPSA) is 38.7 Å². The monoisotopic (exact) mass is 254 g/mol. The summed E-state index contributed by atoms with van der Waals surface area (Å²) in [5.41, 5.74) is -0.492. The molecule has 0 radical (unpaired) electrons. The Labute approximate surface area is 110 Å². The molecule has 3 nitrogen and oxygen atoms in total. The van der Waals surface area contributed by atoms with Crippen molar-refractivity contribution in [2.75, 3.05) is 19.8 Å². The maximum Gasteiger partial charge on any atom is 0.0940 e. The Morgan fingerprint density at radius 2 is 2.11 bits per heavy atom. The number of hydrogen-bond acceptors (Lipinski definition) is 3. The van der Waals surface area contributed by atoms with Crippen molar-refractivity contribution in [3.63, 3.8) is 0 Å². The summed E-state index contributed by atoms with van der Waals surface area (Å²) in [5, 5.41) is 11.1. The predicted octanol–water partition coefficient (Wildman–Crippen LogP) is 2.51. The first kappa shape index (κ1) is 12.9. The molecule has 0 aromatic heterocycles. The summed E-state index contributed by atoms with van der Waals surface area (Å²) >= 11 is 0. The molecular formula is C15H26O3. The van der Waals surface area contributed by atoms with E-state index >= 15 is 0 Å². The zero-order valence-electron chi connectivity index (χ0n) is 11.5. The highest BCUT2D eigenvalue weighted by atomic mass is 16.6. The Bertz CT molecular complexity index is 298. The summed E-state index contributed by atoms with van der Waals surface area (Å²) in [4.78, 5) is 0. The molecule has 1 saturated carbocycles. The van der Waals surface area contributed by atoms with E-state index in [-0.39, 0.29) is 5.60 Å². The summed E-state index contributed by atoms with van der Waals surface area (Å²) in [7, 11) is 0. The smallest absolute Gasteiger partial charge is 0.0940 e. The number of aliphatic hydroxyl groups is 1. The molecule has 0 amide bonds. The molecule has 3 rings (SSSR count). The molecule has 4 unspecified atom stereocenters. The first-order valence-electron chi connectivity index (χ1n) is 7.63. The maximum atomic E-state index is 11.1. The molecule has 2 saturated heterocycles. The average molecular weight is 254 g/mol. The highest BCUT2D eigenvalue weighted by Crippen LogP contribution is 2.49. The van der Waals surface area contributed by atoms with Gasteiger partial charge in [0.1, 0.15) is 0 Å². The molecule has 1 spiro atoms. The van der Waals surface area contributed by atoms with Gasteiger partial charge in [-0.25, -0.2) is 0 Å². The Kier molecular flexibility index (Phi) is 3.41. The van der Waals surface area contributed by atoms with E-state index < -0.39 is 5.60 Å². The van der Waals surface area contributed by atoms with Crippen LogP contribution in [0.4, 0.5) is 0 Å². The quantitative estimate of drug-likeness (QED) is 0.823. The lowest BCUT2D eigenvalue weighted by atomic mass is 9.70. The van der Waals surface area contributed by atoms with Crippen LogP contribution in [0.5, 0.6) is 0 Å². The number of hydrogen-bond donors (Lipinski definition) is 1. The van der Waals surface area contributed by atoms with Crippen LogP contribution in [0.25, 0.3) is 0 Å². The lowest BCUT2D eigenvalue weighted by Crippen LogP contribution is -2.50. The van der Waals surface area contributed by atoms with E-state index in [0.29, 0.717) is 11.8 Å². The lowest BCUT2D eigenvalue weighted by Gasteiger charge is -2.45. The van der Waals surface area contributed by atoms with Crippen LogP contribution in [0.3, 0.4) is 0 Å². The second-order valence-corrected chi connectivity index (χ2v) is 6.51. The van der Waals surface area contributed by atoms with Crippen molar-refractivity contribution in [2.24, 2.45) is 11.8 Å². The summed E-state index contributed by atoms with van der Waals surface area (Å²) in [6.45, 7) is 4.57. The van der Waals surface area contributed by atoms with Crippen molar-refractivity contribution in [3.05, 3.63) is 0 Å². The number of rotatable bonds is 2. The van der Waals surface area contributed by atoms with Gasteiger partial charge in [-0.2, -0.15) is 0 Å². The minimum atomic E-state index is -0.422. The molecule has 0 aromatic rings. The van der Waals surface area contributed by atoms with Gasteiger partial charge in [0, 0.05) is 19.6 Å². The molecule has 1 N–H and O–H groups in total. The fourth-order valence-corrected chi connectivity index (χ4v) is 4.50. The molecule has 3 heteroatoms. The standard InChI is InChI=1S/C15H26O3/c1-2-12-4-3-6-15(12,16)13-5-8-18-14(10-13)7-9-17-11-14/h12-13,16H,2-11H2,1H3. The van der Waals surface area contributed by atoms with Gasteiger partial charge in [0.25, 0.3) is 0 Å². The molecule has 3 fully saturated rings. The Hall–Kier alpha value is -0.120. The summed E-state index contributed by atoms with van der Waals surface area (Å²) < 4.78 is 11.5. The minimum absolute atomic E-state index is 0.0699. The Morgan fingerprint density at radius 3 is 2.83 bits per heavy atom. The third-order valence-corrected chi connectivity index (χ3v) is 5.60. The normalized spacial score (nSPS) is 49.0. The van der Waals surface area contributed by atoms with Gasteiger partial charge in [0.2, 0.25) is 0 Å². The third kappa shape index (κ3) is 2.00. The van der Waals surface area contributed by atoms with Crippen molar-refractivity contribution in [1.82, 2.24) is 0 Å². The van der Waals surface area contributed by atoms with Gasteiger partial charge in [-0.05, 0) is 37.5 Å². The fraction of sp³-hybridized carbons (Fsp3) is 1.00. The number of ether oxygens (including phenoxy) is 2. The lowest BCUT2D eigenvalue weighted by molar-refractivity contribution is -0.153. The van der Waals surface area contributed by atoms with Crippen LogP contribution in [-0.2, 0) is 9.47 Å². The zero-order chi connectivity index (χ0) is 12.6.